The van der Waals surface area contributed by atoms with E-state index < -0.39 is 11.6 Å². The van der Waals surface area contributed by atoms with Crippen molar-refractivity contribution >= 4 is 23.4 Å². The zero-order valence-electron chi connectivity index (χ0n) is 13.8. The normalized spacial score (nSPS) is 20.7. The number of nitrogens with zero attached hydrogens (tertiary/aromatic N) is 2. The summed E-state index contributed by atoms with van der Waals surface area (Å²) >= 11 is 0. The molecule has 0 radical (unpaired) electrons. The van der Waals surface area contributed by atoms with Crippen molar-refractivity contribution in [1.82, 2.24) is 14.5 Å². The lowest BCUT2D eigenvalue weighted by Gasteiger charge is -2.39. The van der Waals surface area contributed by atoms with Crippen LogP contribution in [0, 0.1) is 11.6 Å². The molecule has 0 saturated carbocycles. The average molecular weight is 374 g/mol. The summed E-state index contributed by atoms with van der Waals surface area (Å²) in [4.78, 5) is 17.4. The van der Waals surface area contributed by atoms with Gasteiger partial charge in [-0.15, -0.1) is 12.4 Å². The number of fused-ring (bicyclic) bond motifs is 1. The molecule has 0 bridgehead atoms. The Labute approximate surface area is 150 Å². The van der Waals surface area contributed by atoms with E-state index in [1.54, 1.807) is 4.57 Å². The fourth-order valence-corrected chi connectivity index (χ4v) is 4.04. The van der Waals surface area contributed by atoms with Crippen LogP contribution < -0.4 is 5.69 Å². The summed E-state index contributed by atoms with van der Waals surface area (Å²) in [5.74, 6) is -1.86. The number of hydrogen-bond donors (Lipinski definition) is 1. The topological polar surface area (TPSA) is 50.3 Å². The lowest BCUT2D eigenvalue weighted by atomic mass is 9.99. The molecule has 2 aliphatic heterocycles. The number of aromatic nitrogens is 2. The zero-order valence-corrected chi connectivity index (χ0v) is 14.7. The largest absolute Gasteiger partial charge is 0.381 e. The Morgan fingerprint density at radius 2 is 1.64 bits per heavy atom. The van der Waals surface area contributed by atoms with Gasteiger partial charge in [-0.25, -0.2) is 13.6 Å². The molecule has 4 rings (SSSR count). The maximum absolute atomic E-state index is 13.6. The third-order valence-corrected chi connectivity index (χ3v) is 5.33. The number of ether oxygens (including phenoxy) is 1. The quantitative estimate of drug-likeness (QED) is 0.880. The van der Waals surface area contributed by atoms with Crippen LogP contribution in [0.1, 0.15) is 31.7 Å². The second-order valence-electron chi connectivity index (χ2n) is 6.69. The van der Waals surface area contributed by atoms with Gasteiger partial charge in [-0.2, -0.15) is 0 Å². The average Bonchev–Trinajstić information content (AvgIpc) is 2.91. The molecule has 1 aromatic heterocycles. The molecular weight excluding hydrogens is 352 g/mol. The van der Waals surface area contributed by atoms with Crippen LogP contribution in [0.3, 0.4) is 0 Å². The first-order chi connectivity index (χ1) is 11.6. The van der Waals surface area contributed by atoms with Gasteiger partial charge in [0.15, 0.2) is 11.6 Å². The van der Waals surface area contributed by atoms with Gasteiger partial charge in [-0.1, -0.05) is 0 Å². The summed E-state index contributed by atoms with van der Waals surface area (Å²) in [7, 11) is 0. The van der Waals surface area contributed by atoms with Crippen molar-refractivity contribution in [1.29, 1.82) is 0 Å². The molecule has 0 unspecified atom stereocenters. The van der Waals surface area contributed by atoms with E-state index in [1.165, 1.54) is 0 Å². The second kappa shape index (κ2) is 7.43. The molecular formula is C17H22ClF2N3O2. The molecule has 5 nitrogen and oxygen atoms in total. The Kier molecular flexibility index (Phi) is 5.46. The van der Waals surface area contributed by atoms with E-state index in [4.69, 9.17) is 4.74 Å². The second-order valence-corrected chi connectivity index (χ2v) is 6.69. The SMILES string of the molecule is Cl.O=c1[nH]c2cc(F)c(F)cc2n1C1CCN(C2CCOCC2)CC1. The van der Waals surface area contributed by atoms with Crippen LogP contribution in [0.4, 0.5) is 8.78 Å². The Morgan fingerprint density at radius 1 is 1.00 bits per heavy atom. The van der Waals surface area contributed by atoms with Crippen LogP contribution >= 0.6 is 12.4 Å². The first-order valence-corrected chi connectivity index (χ1v) is 8.54. The molecule has 2 fully saturated rings. The predicted octanol–water partition coefficient (Wildman–Crippen LogP) is 2.85. The number of piperidine rings is 1. The van der Waals surface area contributed by atoms with Crippen molar-refractivity contribution < 1.29 is 13.5 Å². The Hall–Kier alpha value is -1.44. The van der Waals surface area contributed by atoms with Crippen LogP contribution in [0.15, 0.2) is 16.9 Å². The number of benzene rings is 1. The first-order valence-electron chi connectivity index (χ1n) is 8.54. The van der Waals surface area contributed by atoms with E-state index >= 15 is 0 Å². The molecule has 0 atom stereocenters. The Bertz CT molecular complexity index is 793. The van der Waals surface area contributed by atoms with Crippen LogP contribution in [0.2, 0.25) is 0 Å². The highest BCUT2D eigenvalue weighted by Gasteiger charge is 2.28. The Balaban J connectivity index is 0.00000182. The number of hydrogen-bond acceptors (Lipinski definition) is 3. The van der Waals surface area contributed by atoms with Gasteiger partial charge in [0.1, 0.15) is 0 Å². The summed E-state index contributed by atoms with van der Waals surface area (Å²) < 4.78 is 34.0. The van der Waals surface area contributed by atoms with Crippen molar-refractivity contribution in [3.05, 3.63) is 34.3 Å². The van der Waals surface area contributed by atoms with Crippen LogP contribution in [0.5, 0.6) is 0 Å². The van der Waals surface area contributed by atoms with E-state index in [0.29, 0.717) is 17.1 Å². The van der Waals surface area contributed by atoms with Gasteiger partial charge in [-0.3, -0.25) is 4.57 Å². The summed E-state index contributed by atoms with van der Waals surface area (Å²) in [5, 5.41) is 0. The van der Waals surface area contributed by atoms with Crippen molar-refractivity contribution in [3.8, 4) is 0 Å². The molecule has 2 saturated heterocycles. The maximum atomic E-state index is 13.6. The fraction of sp³-hybridized carbons (Fsp3) is 0.588. The van der Waals surface area contributed by atoms with E-state index in [-0.39, 0.29) is 24.1 Å². The summed E-state index contributed by atoms with van der Waals surface area (Å²) in [6.45, 7) is 3.46. The fourth-order valence-electron chi connectivity index (χ4n) is 4.04. The van der Waals surface area contributed by atoms with Gasteiger partial charge in [0, 0.05) is 50.5 Å². The van der Waals surface area contributed by atoms with Crippen molar-refractivity contribution in [2.45, 2.75) is 37.8 Å². The number of H-pyrrole nitrogens is 1. The third kappa shape index (κ3) is 3.45. The monoisotopic (exact) mass is 373 g/mol. The van der Waals surface area contributed by atoms with E-state index in [0.717, 1.165) is 64.1 Å². The molecule has 8 heteroatoms. The number of imidazole rings is 1. The molecule has 2 aromatic rings. The minimum Gasteiger partial charge on any atom is -0.381 e. The maximum Gasteiger partial charge on any atom is 0.326 e. The summed E-state index contributed by atoms with van der Waals surface area (Å²) in [5.41, 5.74) is 0.508. The molecule has 1 N–H and O–H groups in total. The molecule has 25 heavy (non-hydrogen) atoms. The molecule has 1 aromatic carbocycles. The van der Waals surface area contributed by atoms with Gasteiger partial charge < -0.3 is 14.6 Å². The highest BCUT2D eigenvalue weighted by molar-refractivity contribution is 5.85. The number of aromatic amines is 1. The van der Waals surface area contributed by atoms with Crippen LogP contribution in [-0.2, 0) is 4.74 Å². The predicted molar refractivity (Wildman–Crippen MR) is 93.4 cm³/mol. The minimum atomic E-state index is -0.940. The molecule has 0 amide bonds. The van der Waals surface area contributed by atoms with Crippen LogP contribution in [-0.4, -0.2) is 46.8 Å². The van der Waals surface area contributed by atoms with Gasteiger partial charge >= 0.3 is 5.69 Å². The third-order valence-electron chi connectivity index (χ3n) is 5.33. The minimum absolute atomic E-state index is 0. The van der Waals surface area contributed by atoms with Crippen molar-refractivity contribution in [2.24, 2.45) is 0 Å². The smallest absolute Gasteiger partial charge is 0.326 e. The van der Waals surface area contributed by atoms with Gasteiger partial charge in [-0.05, 0) is 25.7 Å². The summed E-state index contributed by atoms with van der Waals surface area (Å²) in [6, 6.07) is 2.76. The van der Waals surface area contributed by atoms with Gasteiger partial charge in [0.25, 0.3) is 0 Å². The lowest BCUT2D eigenvalue weighted by Crippen LogP contribution is -2.45. The Morgan fingerprint density at radius 3 is 2.32 bits per heavy atom. The molecule has 138 valence electrons. The lowest BCUT2D eigenvalue weighted by molar-refractivity contribution is 0.0220. The number of likely N-dealkylation sites (tertiary alicyclic amines) is 1. The van der Waals surface area contributed by atoms with Gasteiger partial charge in [0.2, 0.25) is 0 Å². The zero-order chi connectivity index (χ0) is 16.7. The first kappa shape index (κ1) is 18.4. The van der Waals surface area contributed by atoms with Crippen LogP contribution in [0.25, 0.3) is 11.0 Å². The number of halogens is 3. The summed E-state index contributed by atoms with van der Waals surface area (Å²) in [6.07, 6.45) is 3.79. The van der Waals surface area contributed by atoms with Crippen molar-refractivity contribution in [3.63, 3.8) is 0 Å². The molecule has 3 heterocycles. The highest BCUT2D eigenvalue weighted by atomic mass is 35.5. The number of nitrogens with one attached hydrogen (secondary N) is 1. The highest BCUT2D eigenvalue weighted by Crippen LogP contribution is 2.28. The van der Waals surface area contributed by atoms with E-state index in [2.05, 4.69) is 9.88 Å². The number of rotatable bonds is 2. The molecule has 0 spiro atoms. The standard InChI is InChI=1S/C17H21F2N3O2.ClH/c18-13-9-15-16(10-14(13)19)22(17(23)20-15)12-1-5-21(6-2-12)11-3-7-24-8-4-11;/h9-12H,1-8H2,(H,20,23);1H. The van der Waals surface area contributed by atoms with E-state index in [9.17, 15) is 13.6 Å². The molecule has 2 aliphatic rings. The van der Waals surface area contributed by atoms with Crippen molar-refractivity contribution in [2.75, 3.05) is 26.3 Å². The van der Waals surface area contributed by atoms with E-state index in [1.807, 2.05) is 0 Å². The molecule has 0 aliphatic carbocycles. The van der Waals surface area contributed by atoms with Gasteiger partial charge in [0.05, 0.1) is 11.0 Å².